The zero-order chi connectivity index (χ0) is 21.3. The molecule has 5 N–H and O–H groups in total. The van der Waals surface area contributed by atoms with E-state index in [2.05, 4.69) is 25.3 Å². The third kappa shape index (κ3) is 4.00. The molecule has 0 bridgehead atoms. The quantitative estimate of drug-likeness (QED) is 0.243. The smallest absolute Gasteiger partial charge is 0.142 e. The molecule has 4 heterocycles. The number of H-pyrrole nitrogens is 2. The van der Waals surface area contributed by atoms with Gasteiger partial charge in [0.25, 0.3) is 0 Å². The van der Waals surface area contributed by atoms with E-state index in [1.165, 1.54) is 0 Å². The van der Waals surface area contributed by atoms with E-state index < -0.39 is 5.66 Å². The maximum absolute atomic E-state index is 6.61. The maximum atomic E-state index is 6.61. The van der Waals surface area contributed by atoms with Crippen molar-refractivity contribution in [2.24, 2.45) is 5.73 Å². The fraction of sp³-hybridized carbons (Fsp3) is 0.400. The van der Waals surface area contributed by atoms with Gasteiger partial charge in [0.1, 0.15) is 28.3 Å². The number of pyridine rings is 2. The second-order valence-corrected chi connectivity index (χ2v) is 8.22. The normalized spacial score (nSPS) is 15.0. The first-order chi connectivity index (χ1) is 14.4. The van der Waals surface area contributed by atoms with Gasteiger partial charge in [-0.1, -0.05) is 0 Å². The molecule has 2 unspecified atom stereocenters. The third-order valence-electron chi connectivity index (χ3n) is 5.05. The number of aryl methyl sites for hydroxylation is 2. The lowest BCUT2D eigenvalue weighted by atomic mass is 10.1. The highest BCUT2D eigenvalue weighted by atomic mass is 35.5. The molecule has 4 aromatic heterocycles. The SMILES string of the molecule is CC(NC(C)(N)c1nc2c(CCCl)nccc2[nH]1)c1nc2c(CCCl)nccc2[nH]1. The van der Waals surface area contributed by atoms with Crippen LogP contribution < -0.4 is 11.1 Å². The minimum atomic E-state index is -0.924. The highest BCUT2D eigenvalue weighted by molar-refractivity contribution is 6.18. The van der Waals surface area contributed by atoms with Crippen molar-refractivity contribution in [1.82, 2.24) is 35.2 Å². The van der Waals surface area contributed by atoms with Gasteiger partial charge in [-0.3, -0.25) is 15.3 Å². The summed E-state index contributed by atoms with van der Waals surface area (Å²) in [6.07, 6.45) is 4.82. The summed E-state index contributed by atoms with van der Waals surface area (Å²) < 4.78 is 0. The van der Waals surface area contributed by atoms with Crippen LogP contribution in [0.15, 0.2) is 24.5 Å². The number of aromatic nitrogens is 6. The molecule has 0 aliphatic heterocycles. The van der Waals surface area contributed by atoms with Crippen molar-refractivity contribution in [3.8, 4) is 0 Å². The molecule has 0 aliphatic carbocycles. The summed E-state index contributed by atoms with van der Waals surface area (Å²) >= 11 is 11.8. The van der Waals surface area contributed by atoms with E-state index in [4.69, 9.17) is 38.9 Å². The lowest BCUT2D eigenvalue weighted by Gasteiger charge is -2.27. The Kier molecular flexibility index (Phi) is 5.92. The average Bonchev–Trinajstić information content (AvgIpc) is 3.34. The summed E-state index contributed by atoms with van der Waals surface area (Å²) in [5.41, 5.74) is 10.9. The minimum absolute atomic E-state index is 0.162. The first-order valence-corrected chi connectivity index (χ1v) is 10.9. The van der Waals surface area contributed by atoms with Gasteiger partial charge in [0, 0.05) is 37.0 Å². The van der Waals surface area contributed by atoms with Crippen molar-refractivity contribution in [3.63, 3.8) is 0 Å². The standard InChI is InChI=1S/C20H24Cl2N8/c1-11(18-26-14-5-9-24-12(3-7-21)16(14)28-18)30-20(2,23)19-27-15-6-10-25-13(4-8-22)17(15)29-19/h5-6,9-11,30H,3-4,7-8,23H2,1-2H3,(H,26,28)(H,27,29). The molecule has 2 atom stereocenters. The summed E-state index contributed by atoms with van der Waals surface area (Å²) in [6.45, 7) is 3.87. The maximum Gasteiger partial charge on any atom is 0.142 e. The summed E-state index contributed by atoms with van der Waals surface area (Å²) in [6, 6.07) is 3.63. The van der Waals surface area contributed by atoms with Gasteiger partial charge < -0.3 is 15.7 Å². The number of nitrogens with two attached hydrogens (primary N) is 1. The molecular weight excluding hydrogens is 423 g/mol. The second kappa shape index (κ2) is 8.47. The molecule has 8 nitrogen and oxygen atoms in total. The molecule has 0 saturated carbocycles. The number of alkyl halides is 2. The fourth-order valence-corrected chi connectivity index (χ4v) is 3.94. The molecule has 4 aromatic rings. The van der Waals surface area contributed by atoms with Crippen LogP contribution in [0, 0.1) is 0 Å². The monoisotopic (exact) mass is 446 g/mol. The van der Waals surface area contributed by atoms with Crippen LogP contribution in [0.5, 0.6) is 0 Å². The van der Waals surface area contributed by atoms with E-state index in [-0.39, 0.29) is 6.04 Å². The topological polar surface area (TPSA) is 121 Å². The van der Waals surface area contributed by atoms with E-state index in [0.717, 1.165) is 39.3 Å². The molecule has 0 aliphatic rings. The van der Waals surface area contributed by atoms with Crippen molar-refractivity contribution >= 4 is 45.3 Å². The van der Waals surface area contributed by atoms with Crippen molar-refractivity contribution in [1.29, 1.82) is 0 Å². The number of fused-ring (bicyclic) bond motifs is 2. The number of aromatic amines is 2. The molecule has 0 spiro atoms. The van der Waals surface area contributed by atoms with Gasteiger partial charge in [-0.25, -0.2) is 9.97 Å². The Balaban J connectivity index is 1.61. The molecule has 4 rings (SSSR count). The number of hydrogen-bond acceptors (Lipinski definition) is 6. The minimum Gasteiger partial charge on any atom is -0.341 e. The van der Waals surface area contributed by atoms with Gasteiger partial charge >= 0.3 is 0 Å². The third-order valence-corrected chi connectivity index (χ3v) is 5.43. The molecule has 158 valence electrons. The molecule has 0 saturated heterocycles. The number of imidazole rings is 2. The van der Waals surface area contributed by atoms with Crippen molar-refractivity contribution in [3.05, 3.63) is 47.6 Å². The van der Waals surface area contributed by atoms with Crippen molar-refractivity contribution in [2.75, 3.05) is 11.8 Å². The van der Waals surface area contributed by atoms with Crippen LogP contribution in [-0.4, -0.2) is 41.7 Å². The van der Waals surface area contributed by atoms with Gasteiger partial charge in [0.2, 0.25) is 0 Å². The van der Waals surface area contributed by atoms with Crippen LogP contribution in [-0.2, 0) is 18.5 Å². The van der Waals surface area contributed by atoms with Crippen LogP contribution in [0.1, 0.15) is 42.9 Å². The zero-order valence-corrected chi connectivity index (χ0v) is 18.3. The first-order valence-electron chi connectivity index (χ1n) is 9.79. The first kappa shape index (κ1) is 21.0. The molecule has 0 aromatic carbocycles. The molecule has 0 radical (unpaired) electrons. The fourth-order valence-electron chi connectivity index (χ4n) is 3.58. The number of nitrogens with zero attached hydrogens (tertiary/aromatic N) is 4. The Bertz CT molecular complexity index is 1170. The second-order valence-electron chi connectivity index (χ2n) is 7.46. The van der Waals surface area contributed by atoms with Crippen LogP contribution >= 0.6 is 23.2 Å². The van der Waals surface area contributed by atoms with Gasteiger partial charge in [-0.2, -0.15) is 0 Å². The van der Waals surface area contributed by atoms with Crippen LogP contribution in [0.4, 0.5) is 0 Å². The molecule has 0 fully saturated rings. The Morgan fingerprint density at radius 1 is 1.00 bits per heavy atom. The van der Waals surface area contributed by atoms with E-state index in [9.17, 15) is 0 Å². The summed E-state index contributed by atoms with van der Waals surface area (Å²) in [5.74, 6) is 2.37. The Hall–Kier alpha value is -2.26. The van der Waals surface area contributed by atoms with Crippen LogP contribution in [0.2, 0.25) is 0 Å². The number of halogens is 2. The zero-order valence-electron chi connectivity index (χ0n) is 16.8. The van der Waals surface area contributed by atoms with Gasteiger partial charge in [0.05, 0.1) is 28.5 Å². The number of nitrogens with one attached hydrogen (secondary N) is 3. The van der Waals surface area contributed by atoms with Crippen molar-refractivity contribution in [2.45, 2.75) is 38.4 Å². The lowest BCUT2D eigenvalue weighted by Crippen LogP contribution is -2.49. The summed E-state index contributed by atoms with van der Waals surface area (Å²) in [4.78, 5) is 24.9. The Morgan fingerprint density at radius 3 is 2.17 bits per heavy atom. The van der Waals surface area contributed by atoms with E-state index in [0.29, 0.717) is 30.4 Å². The molecular formula is C20H24Cl2N8. The highest BCUT2D eigenvalue weighted by Gasteiger charge is 2.29. The summed E-state index contributed by atoms with van der Waals surface area (Å²) in [5, 5.41) is 3.41. The molecule has 10 heteroatoms. The van der Waals surface area contributed by atoms with E-state index >= 15 is 0 Å². The van der Waals surface area contributed by atoms with Crippen LogP contribution in [0.3, 0.4) is 0 Å². The van der Waals surface area contributed by atoms with Gasteiger partial charge in [-0.15, -0.1) is 23.2 Å². The van der Waals surface area contributed by atoms with E-state index in [1.54, 1.807) is 12.4 Å². The van der Waals surface area contributed by atoms with E-state index in [1.807, 2.05) is 26.0 Å². The number of hydrogen-bond donors (Lipinski definition) is 4. The summed E-state index contributed by atoms with van der Waals surface area (Å²) in [7, 11) is 0. The van der Waals surface area contributed by atoms with Gasteiger partial charge in [0.15, 0.2) is 0 Å². The highest BCUT2D eigenvalue weighted by Crippen LogP contribution is 2.24. The number of rotatable bonds is 8. The predicted molar refractivity (Wildman–Crippen MR) is 120 cm³/mol. The van der Waals surface area contributed by atoms with Gasteiger partial charge in [-0.05, 0) is 26.0 Å². The average molecular weight is 447 g/mol. The Morgan fingerprint density at radius 2 is 1.57 bits per heavy atom. The van der Waals surface area contributed by atoms with Crippen LogP contribution in [0.25, 0.3) is 22.1 Å². The molecule has 0 amide bonds. The Labute approximate surface area is 184 Å². The molecule has 30 heavy (non-hydrogen) atoms. The van der Waals surface area contributed by atoms with Crippen molar-refractivity contribution < 1.29 is 0 Å². The lowest BCUT2D eigenvalue weighted by molar-refractivity contribution is 0.317. The largest absolute Gasteiger partial charge is 0.341 e. The predicted octanol–water partition coefficient (Wildman–Crippen LogP) is 3.27.